The number of pyridine rings is 1. The molecule has 1 saturated heterocycles. The summed E-state index contributed by atoms with van der Waals surface area (Å²) in [4.78, 5) is 4.75. The Kier molecular flexibility index (Phi) is 7.62. The van der Waals surface area contributed by atoms with E-state index in [0.29, 0.717) is 41.5 Å². The normalized spacial score (nSPS) is 14.1. The summed E-state index contributed by atoms with van der Waals surface area (Å²) in [6.07, 6.45) is 2.06. The fraction of sp³-hybridized carbons (Fsp3) is 0.300. The third-order valence-electron chi connectivity index (χ3n) is 6.47. The van der Waals surface area contributed by atoms with Crippen molar-refractivity contribution in [2.24, 2.45) is 5.92 Å². The van der Waals surface area contributed by atoms with Crippen LogP contribution in [0.3, 0.4) is 0 Å². The Morgan fingerprint density at radius 2 is 1.64 bits per heavy atom. The molecule has 0 spiro atoms. The van der Waals surface area contributed by atoms with E-state index < -0.39 is 0 Å². The molecule has 186 valence electrons. The summed E-state index contributed by atoms with van der Waals surface area (Å²) in [6, 6.07) is 22.1. The van der Waals surface area contributed by atoms with Crippen molar-refractivity contribution in [1.29, 1.82) is 0 Å². The molecule has 0 bridgehead atoms. The summed E-state index contributed by atoms with van der Waals surface area (Å²) in [7, 11) is 0. The summed E-state index contributed by atoms with van der Waals surface area (Å²) >= 11 is 0. The second-order valence-electron chi connectivity index (χ2n) is 9.08. The van der Waals surface area contributed by atoms with Gasteiger partial charge in [0.2, 0.25) is 0 Å². The van der Waals surface area contributed by atoms with E-state index in [4.69, 9.17) is 23.9 Å². The summed E-state index contributed by atoms with van der Waals surface area (Å²) in [5.41, 5.74) is 3.27. The number of aromatic nitrogens is 1. The molecule has 0 unspecified atom stereocenters. The highest BCUT2D eigenvalue weighted by molar-refractivity contribution is 5.86. The molecule has 0 radical (unpaired) electrons. The summed E-state index contributed by atoms with van der Waals surface area (Å²) < 4.78 is 37.8. The van der Waals surface area contributed by atoms with Crippen LogP contribution in [0.2, 0.25) is 0 Å². The van der Waals surface area contributed by atoms with Crippen molar-refractivity contribution in [2.45, 2.75) is 33.0 Å². The number of fused-ring (bicyclic) bond motifs is 1. The maximum Gasteiger partial charge on any atom is 0.134 e. The van der Waals surface area contributed by atoms with Gasteiger partial charge in [0.25, 0.3) is 0 Å². The molecule has 1 aromatic heterocycles. The molecule has 1 fully saturated rings. The number of ether oxygens (including phenoxy) is 4. The predicted molar refractivity (Wildman–Crippen MR) is 137 cm³/mol. The van der Waals surface area contributed by atoms with Gasteiger partial charge >= 0.3 is 0 Å². The maximum atomic E-state index is 14.1. The highest BCUT2D eigenvalue weighted by atomic mass is 19.1. The van der Waals surface area contributed by atoms with Crippen LogP contribution >= 0.6 is 0 Å². The van der Waals surface area contributed by atoms with E-state index in [1.165, 1.54) is 12.1 Å². The van der Waals surface area contributed by atoms with Gasteiger partial charge in [-0.15, -0.1) is 0 Å². The number of hydrogen-bond acceptors (Lipinski definition) is 5. The molecule has 0 amide bonds. The Hall–Kier alpha value is -3.64. The van der Waals surface area contributed by atoms with Gasteiger partial charge in [0.05, 0.1) is 17.8 Å². The van der Waals surface area contributed by atoms with E-state index in [0.717, 1.165) is 48.6 Å². The molecule has 5 rings (SSSR count). The van der Waals surface area contributed by atoms with Gasteiger partial charge in [-0.3, -0.25) is 0 Å². The highest BCUT2D eigenvalue weighted by Crippen LogP contribution is 2.32. The second kappa shape index (κ2) is 11.4. The molecular formula is C30H30FNO4. The van der Waals surface area contributed by atoms with Gasteiger partial charge in [-0.25, -0.2) is 9.37 Å². The highest BCUT2D eigenvalue weighted by Gasteiger charge is 2.16. The molecule has 1 aliphatic rings. The van der Waals surface area contributed by atoms with Crippen LogP contribution in [0.4, 0.5) is 4.39 Å². The Balaban J connectivity index is 1.32. The lowest BCUT2D eigenvalue weighted by atomic mass is 10.0. The number of benzene rings is 3. The van der Waals surface area contributed by atoms with E-state index in [2.05, 4.69) is 0 Å². The molecule has 2 heterocycles. The van der Waals surface area contributed by atoms with Crippen molar-refractivity contribution in [3.8, 4) is 17.2 Å². The fourth-order valence-corrected chi connectivity index (χ4v) is 4.34. The van der Waals surface area contributed by atoms with Crippen LogP contribution in [0.5, 0.6) is 17.2 Å². The minimum absolute atomic E-state index is 0.254. The first-order valence-corrected chi connectivity index (χ1v) is 12.3. The van der Waals surface area contributed by atoms with E-state index in [1.807, 2.05) is 61.5 Å². The van der Waals surface area contributed by atoms with Crippen LogP contribution in [0, 0.1) is 18.7 Å². The van der Waals surface area contributed by atoms with Crippen molar-refractivity contribution in [3.05, 3.63) is 95.4 Å². The number of rotatable bonds is 9. The fourth-order valence-electron chi connectivity index (χ4n) is 4.34. The lowest BCUT2D eigenvalue weighted by molar-refractivity contribution is 0.0497. The van der Waals surface area contributed by atoms with Crippen LogP contribution in [-0.2, 0) is 18.0 Å². The van der Waals surface area contributed by atoms with Gasteiger partial charge < -0.3 is 18.9 Å². The Morgan fingerprint density at radius 3 is 2.44 bits per heavy atom. The van der Waals surface area contributed by atoms with E-state index in [-0.39, 0.29) is 12.4 Å². The molecule has 36 heavy (non-hydrogen) atoms. The molecule has 4 aromatic rings. The van der Waals surface area contributed by atoms with Crippen LogP contribution in [0.15, 0.2) is 72.8 Å². The van der Waals surface area contributed by atoms with Gasteiger partial charge in [-0.2, -0.15) is 0 Å². The van der Waals surface area contributed by atoms with Gasteiger partial charge in [0.15, 0.2) is 0 Å². The first-order valence-electron chi connectivity index (χ1n) is 12.3. The predicted octanol–water partition coefficient (Wildman–Crippen LogP) is 6.65. The maximum absolute atomic E-state index is 14.1. The summed E-state index contributed by atoms with van der Waals surface area (Å²) in [5, 5.41) is 0.649. The zero-order valence-electron chi connectivity index (χ0n) is 20.4. The monoisotopic (exact) mass is 487 g/mol. The van der Waals surface area contributed by atoms with E-state index in [9.17, 15) is 4.39 Å². The molecule has 0 aliphatic carbocycles. The third kappa shape index (κ3) is 5.94. The molecule has 0 N–H and O–H groups in total. The Labute approximate surface area is 210 Å². The number of halogens is 1. The standard InChI is InChI=1S/C30H30FNO4/c1-21-29(20-35-26-9-5-8-25(17-26)34-18-23-12-14-33-15-13-23)32-28-11-10-24(31)16-27(28)30(21)36-19-22-6-3-2-4-7-22/h2-11,16-17,23H,12-15,18-20H2,1H3. The minimum atomic E-state index is -0.324. The van der Waals surface area contributed by atoms with Crippen molar-refractivity contribution < 1.29 is 23.3 Å². The third-order valence-corrected chi connectivity index (χ3v) is 6.47. The summed E-state index contributed by atoms with van der Waals surface area (Å²) in [5.74, 6) is 2.30. The topological polar surface area (TPSA) is 49.8 Å². The zero-order chi connectivity index (χ0) is 24.7. The average Bonchev–Trinajstić information content (AvgIpc) is 2.92. The first kappa shape index (κ1) is 24.1. The molecule has 3 aromatic carbocycles. The van der Waals surface area contributed by atoms with Crippen molar-refractivity contribution >= 4 is 10.9 Å². The molecule has 0 saturated carbocycles. The lowest BCUT2D eigenvalue weighted by Crippen LogP contribution is -2.21. The van der Waals surface area contributed by atoms with E-state index >= 15 is 0 Å². The number of nitrogens with zero attached hydrogens (tertiary/aromatic N) is 1. The Bertz CT molecular complexity index is 1310. The number of hydrogen-bond donors (Lipinski definition) is 0. The van der Waals surface area contributed by atoms with Crippen LogP contribution in [0.1, 0.15) is 29.7 Å². The molecule has 6 heteroatoms. The smallest absolute Gasteiger partial charge is 0.134 e. The van der Waals surface area contributed by atoms with Crippen LogP contribution in [0.25, 0.3) is 10.9 Å². The largest absolute Gasteiger partial charge is 0.493 e. The van der Waals surface area contributed by atoms with Crippen molar-refractivity contribution in [1.82, 2.24) is 4.98 Å². The quantitative estimate of drug-likeness (QED) is 0.265. The van der Waals surface area contributed by atoms with Gasteiger partial charge in [0.1, 0.15) is 36.3 Å². The SMILES string of the molecule is Cc1c(COc2cccc(OCC3CCOCC3)c2)nc2ccc(F)cc2c1OCc1ccccc1. The first-order chi connectivity index (χ1) is 17.7. The van der Waals surface area contributed by atoms with E-state index in [1.54, 1.807) is 6.07 Å². The molecule has 5 nitrogen and oxygen atoms in total. The lowest BCUT2D eigenvalue weighted by Gasteiger charge is -2.22. The molecule has 1 aliphatic heterocycles. The minimum Gasteiger partial charge on any atom is -0.493 e. The van der Waals surface area contributed by atoms with Gasteiger partial charge in [-0.1, -0.05) is 36.4 Å². The van der Waals surface area contributed by atoms with Crippen LogP contribution in [-0.4, -0.2) is 24.8 Å². The molecular weight excluding hydrogens is 457 g/mol. The zero-order valence-corrected chi connectivity index (χ0v) is 20.4. The van der Waals surface area contributed by atoms with Gasteiger partial charge in [0, 0.05) is 30.2 Å². The Morgan fingerprint density at radius 1 is 0.861 bits per heavy atom. The van der Waals surface area contributed by atoms with Crippen molar-refractivity contribution in [2.75, 3.05) is 19.8 Å². The van der Waals surface area contributed by atoms with Gasteiger partial charge in [-0.05, 0) is 61.6 Å². The van der Waals surface area contributed by atoms with Crippen LogP contribution < -0.4 is 14.2 Å². The second-order valence-corrected chi connectivity index (χ2v) is 9.08. The average molecular weight is 488 g/mol. The van der Waals surface area contributed by atoms with Crippen molar-refractivity contribution in [3.63, 3.8) is 0 Å². The summed E-state index contributed by atoms with van der Waals surface area (Å²) in [6.45, 7) is 4.85. The molecule has 0 atom stereocenters.